The van der Waals surface area contributed by atoms with E-state index in [1.54, 1.807) is 63.8 Å². The van der Waals surface area contributed by atoms with Crippen LogP contribution in [0, 0.1) is 0 Å². The summed E-state index contributed by atoms with van der Waals surface area (Å²) in [6.07, 6.45) is -0.159. The van der Waals surface area contributed by atoms with Crippen molar-refractivity contribution in [1.29, 1.82) is 0 Å². The summed E-state index contributed by atoms with van der Waals surface area (Å²) in [7, 11) is 4.71. The highest BCUT2D eigenvalue weighted by Gasteiger charge is 2.20. The first-order valence-corrected chi connectivity index (χ1v) is 9.71. The Morgan fingerprint density at radius 3 is 2.32 bits per heavy atom. The topological polar surface area (TPSA) is 105 Å². The Morgan fingerprint density at radius 2 is 1.68 bits per heavy atom. The zero-order valence-corrected chi connectivity index (χ0v) is 17.9. The number of carbonyl (C=O) groups is 1. The number of methoxy groups -OCH3 is 3. The Morgan fingerprint density at radius 1 is 1.00 bits per heavy atom. The van der Waals surface area contributed by atoms with Gasteiger partial charge >= 0.3 is 0 Å². The molecule has 1 heterocycles. The van der Waals surface area contributed by atoms with Crippen molar-refractivity contribution in [2.24, 2.45) is 0 Å². The van der Waals surface area contributed by atoms with Crippen LogP contribution in [0.1, 0.15) is 19.2 Å². The summed E-state index contributed by atoms with van der Waals surface area (Å²) >= 11 is 0. The normalized spacial score (nSPS) is 11.5. The van der Waals surface area contributed by atoms with Crippen LogP contribution in [-0.2, 0) is 11.3 Å². The third kappa shape index (κ3) is 5.44. The van der Waals surface area contributed by atoms with Crippen molar-refractivity contribution in [3.05, 3.63) is 48.4 Å². The second-order valence-electron chi connectivity index (χ2n) is 6.49. The van der Waals surface area contributed by atoms with E-state index in [2.05, 4.69) is 15.5 Å². The first kappa shape index (κ1) is 21.9. The zero-order valence-electron chi connectivity index (χ0n) is 17.9. The van der Waals surface area contributed by atoms with Crippen molar-refractivity contribution < 1.29 is 28.3 Å². The molecule has 0 aliphatic carbocycles. The van der Waals surface area contributed by atoms with E-state index in [1.165, 1.54) is 0 Å². The Bertz CT molecular complexity index is 1000. The summed E-state index contributed by atoms with van der Waals surface area (Å²) in [5.41, 5.74) is 0.652. The summed E-state index contributed by atoms with van der Waals surface area (Å²) in [6, 6.07) is 12.3. The van der Waals surface area contributed by atoms with Crippen molar-refractivity contribution in [3.63, 3.8) is 0 Å². The van der Waals surface area contributed by atoms with E-state index in [0.717, 1.165) is 0 Å². The van der Waals surface area contributed by atoms with Crippen LogP contribution in [0.3, 0.4) is 0 Å². The summed E-state index contributed by atoms with van der Waals surface area (Å²) < 4.78 is 26.7. The Labute approximate surface area is 180 Å². The molecule has 31 heavy (non-hydrogen) atoms. The molecule has 2 aromatic carbocycles. The van der Waals surface area contributed by atoms with Crippen molar-refractivity contribution in [3.8, 4) is 34.4 Å². The fraction of sp³-hybridized carbons (Fsp3) is 0.318. The van der Waals surface area contributed by atoms with E-state index in [4.69, 9.17) is 23.5 Å². The molecule has 0 bridgehead atoms. The average molecular weight is 427 g/mol. The van der Waals surface area contributed by atoms with Crippen molar-refractivity contribution in [2.45, 2.75) is 26.0 Å². The summed E-state index contributed by atoms with van der Waals surface area (Å²) in [6.45, 7) is 1.95. The predicted octanol–water partition coefficient (Wildman–Crippen LogP) is 3.24. The molecule has 164 valence electrons. The number of nitrogens with zero attached hydrogens (tertiary/aromatic N) is 2. The molecular weight excluding hydrogens is 402 g/mol. The van der Waals surface area contributed by atoms with E-state index >= 15 is 0 Å². The molecule has 9 nitrogen and oxygen atoms in total. The molecule has 9 heteroatoms. The second-order valence-corrected chi connectivity index (χ2v) is 6.49. The minimum Gasteiger partial charge on any atom is -0.497 e. The average Bonchev–Trinajstić information content (AvgIpc) is 3.29. The standard InChI is InChI=1S/C22H25N3O6/c1-5-18(30-15-8-6-14(27-2)7-9-15)22(26)23-13-20-24-21(25-31-20)17-11-10-16(28-3)12-19(17)29-4/h6-12,18H,5,13H2,1-4H3,(H,23,26). The summed E-state index contributed by atoms with van der Waals surface area (Å²) in [4.78, 5) is 16.9. The molecule has 0 aliphatic rings. The number of hydrogen-bond acceptors (Lipinski definition) is 8. The van der Waals surface area contributed by atoms with Gasteiger partial charge in [0.25, 0.3) is 5.91 Å². The second kappa shape index (κ2) is 10.3. The third-order valence-electron chi connectivity index (χ3n) is 4.53. The lowest BCUT2D eigenvalue weighted by molar-refractivity contribution is -0.128. The van der Waals surface area contributed by atoms with Crippen molar-refractivity contribution in [2.75, 3.05) is 21.3 Å². The molecule has 0 fully saturated rings. The number of benzene rings is 2. The van der Waals surface area contributed by atoms with Gasteiger partial charge in [0.1, 0.15) is 23.0 Å². The maximum absolute atomic E-state index is 12.5. The summed E-state index contributed by atoms with van der Waals surface area (Å²) in [5.74, 6) is 2.83. The van der Waals surface area contributed by atoms with E-state index in [0.29, 0.717) is 40.8 Å². The lowest BCUT2D eigenvalue weighted by atomic mass is 10.2. The molecule has 1 amide bonds. The summed E-state index contributed by atoms with van der Waals surface area (Å²) in [5, 5.41) is 6.74. The van der Waals surface area contributed by atoms with Crippen LogP contribution in [-0.4, -0.2) is 43.5 Å². The van der Waals surface area contributed by atoms with Gasteiger partial charge in [-0.1, -0.05) is 12.1 Å². The molecule has 1 atom stereocenters. The molecular formula is C22H25N3O6. The largest absolute Gasteiger partial charge is 0.497 e. The quantitative estimate of drug-likeness (QED) is 0.526. The first-order valence-electron chi connectivity index (χ1n) is 9.71. The minimum absolute atomic E-state index is 0.0762. The molecule has 0 saturated heterocycles. The highest BCUT2D eigenvalue weighted by molar-refractivity contribution is 5.81. The fourth-order valence-corrected chi connectivity index (χ4v) is 2.84. The highest BCUT2D eigenvalue weighted by atomic mass is 16.5. The van der Waals surface area contributed by atoms with Crippen LogP contribution in [0.2, 0.25) is 0 Å². The van der Waals surface area contributed by atoms with Crippen molar-refractivity contribution >= 4 is 5.91 Å². The smallest absolute Gasteiger partial charge is 0.261 e. The third-order valence-corrected chi connectivity index (χ3v) is 4.53. The number of carbonyl (C=O) groups excluding carboxylic acids is 1. The molecule has 0 spiro atoms. The number of hydrogen-bond donors (Lipinski definition) is 1. The molecule has 1 aromatic heterocycles. The van der Waals surface area contributed by atoms with Crippen molar-refractivity contribution in [1.82, 2.24) is 15.5 Å². The minimum atomic E-state index is -0.655. The Balaban J connectivity index is 1.62. The molecule has 3 rings (SSSR count). The maximum Gasteiger partial charge on any atom is 0.261 e. The lowest BCUT2D eigenvalue weighted by Gasteiger charge is -2.16. The van der Waals surface area contributed by atoms with Gasteiger partial charge in [0.15, 0.2) is 6.10 Å². The molecule has 3 aromatic rings. The van der Waals surface area contributed by atoms with Crippen LogP contribution >= 0.6 is 0 Å². The van der Waals surface area contributed by atoms with Crippen LogP contribution in [0.15, 0.2) is 47.0 Å². The number of ether oxygens (including phenoxy) is 4. The Hall–Kier alpha value is -3.75. The number of amides is 1. The van der Waals surface area contributed by atoms with E-state index in [-0.39, 0.29) is 18.3 Å². The van der Waals surface area contributed by atoms with Gasteiger partial charge in [-0.25, -0.2) is 0 Å². The highest BCUT2D eigenvalue weighted by Crippen LogP contribution is 2.31. The van der Waals surface area contributed by atoms with Gasteiger partial charge in [0.05, 0.1) is 33.4 Å². The van der Waals surface area contributed by atoms with Gasteiger partial charge in [-0.2, -0.15) is 4.98 Å². The molecule has 0 saturated carbocycles. The SMILES string of the molecule is CCC(Oc1ccc(OC)cc1)C(=O)NCc1nc(-c2ccc(OC)cc2OC)no1. The van der Waals surface area contributed by atoms with E-state index in [1.807, 2.05) is 6.92 Å². The van der Waals surface area contributed by atoms with E-state index < -0.39 is 6.10 Å². The van der Waals surface area contributed by atoms with Crippen LogP contribution < -0.4 is 24.3 Å². The van der Waals surface area contributed by atoms with Gasteiger partial charge < -0.3 is 28.8 Å². The molecule has 0 aliphatic heterocycles. The fourth-order valence-electron chi connectivity index (χ4n) is 2.84. The monoisotopic (exact) mass is 427 g/mol. The number of nitrogens with one attached hydrogen (secondary N) is 1. The van der Waals surface area contributed by atoms with E-state index in [9.17, 15) is 4.79 Å². The van der Waals surface area contributed by atoms with Gasteiger partial charge in [-0.05, 0) is 42.8 Å². The van der Waals surface area contributed by atoms with Gasteiger partial charge in [0.2, 0.25) is 11.7 Å². The lowest BCUT2D eigenvalue weighted by Crippen LogP contribution is -2.37. The zero-order chi connectivity index (χ0) is 22.2. The molecule has 1 N–H and O–H groups in total. The Kier molecular flexibility index (Phi) is 7.31. The molecule has 1 unspecified atom stereocenters. The molecule has 0 radical (unpaired) electrons. The predicted molar refractivity (Wildman–Crippen MR) is 112 cm³/mol. The van der Waals surface area contributed by atoms with Crippen LogP contribution in [0.5, 0.6) is 23.0 Å². The van der Waals surface area contributed by atoms with Gasteiger partial charge in [-0.3, -0.25) is 4.79 Å². The number of rotatable bonds is 10. The van der Waals surface area contributed by atoms with Crippen LogP contribution in [0.25, 0.3) is 11.4 Å². The first-order chi connectivity index (χ1) is 15.1. The van der Waals surface area contributed by atoms with Crippen LogP contribution in [0.4, 0.5) is 0 Å². The number of aromatic nitrogens is 2. The maximum atomic E-state index is 12.5. The van der Waals surface area contributed by atoms with Gasteiger partial charge in [-0.15, -0.1) is 0 Å². The van der Waals surface area contributed by atoms with Gasteiger partial charge in [0, 0.05) is 6.07 Å².